The first-order valence-electron chi connectivity index (χ1n) is 9.63. The summed E-state index contributed by atoms with van der Waals surface area (Å²) >= 11 is 0. The molecule has 3 aromatic rings. The molecule has 0 radical (unpaired) electrons. The van der Waals surface area contributed by atoms with Crippen LogP contribution in [0, 0.1) is 6.92 Å². The molecule has 5 nitrogen and oxygen atoms in total. The summed E-state index contributed by atoms with van der Waals surface area (Å²) in [5.74, 6) is 0. The zero-order chi connectivity index (χ0) is 20.0. The second kappa shape index (κ2) is 6.71. The molecule has 0 saturated carbocycles. The van der Waals surface area contributed by atoms with Gasteiger partial charge in [0.2, 0.25) is 6.02 Å². The number of hydrogen-bond acceptors (Lipinski definition) is 3. The Labute approximate surface area is 168 Å². The zero-order valence-corrected chi connectivity index (χ0v) is 16.0. The van der Waals surface area contributed by atoms with Crippen LogP contribution < -0.4 is 10.0 Å². The zero-order valence-electron chi connectivity index (χ0n) is 16.0. The fraction of sp³-hybridized carbons (Fsp3) is 0.125. The number of carbonyl (C=O) groups excluding carboxylic acids is 1. The number of amidine groups is 1. The van der Waals surface area contributed by atoms with Crippen LogP contribution in [0.2, 0.25) is 0 Å². The predicted octanol–water partition coefficient (Wildman–Crippen LogP) is 3.22. The minimum absolute atomic E-state index is 0.458. The number of nitrogens with zero attached hydrogens (tertiary/aromatic N) is 3. The number of aryl methyl sites for hydroxylation is 3. The smallest absolute Gasteiger partial charge is 0.530 e. The molecule has 142 valence electrons. The highest BCUT2D eigenvalue weighted by Gasteiger charge is 2.40. The van der Waals surface area contributed by atoms with Crippen LogP contribution in [0.25, 0.3) is 0 Å². The molecule has 29 heavy (non-hydrogen) atoms. The van der Waals surface area contributed by atoms with Gasteiger partial charge in [-0.1, -0.05) is 70.9 Å². The van der Waals surface area contributed by atoms with Crippen LogP contribution >= 0.6 is 0 Å². The molecule has 2 amide bonds. The lowest BCUT2D eigenvalue weighted by Crippen LogP contribution is -2.41. The average molecular weight is 381 g/mol. The number of fused-ring (bicyclic) bond motifs is 2. The minimum atomic E-state index is -0.578. The quantitative estimate of drug-likeness (QED) is 0.608. The van der Waals surface area contributed by atoms with Crippen LogP contribution in [0.15, 0.2) is 77.9 Å². The van der Waals surface area contributed by atoms with Crippen molar-refractivity contribution in [3.8, 4) is 0 Å². The fourth-order valence-electron chi connectivity index (χ4n) is 3.99. The van der Waals surface area contributed by atoms with Crippen molar-refractivity contribution >= 4 is 23.5 Å². The van der Waals surface area contributed by atoms with E-state index in [9.17, 15) is 9.90 Å². The topological polar surface area (TPSA) is 58.7 Å². The number of carbonyl (C=O) groups is 1. The van der Waals surface area contributed by atoms with Crippen molar-refractivity contribution in [2.45, 2.75) is 19.8 Å². The SMILES string of the molecule is Cc1ccc(N2C(=O)[N+](=C3c4ccccc4CCc4ccccc43)N=C2[O-])cc1. The summed E-state index contributed by atoms with van der Waals surface area (Å²) in [5, 5.41) is 16.9. The van der Waals surface area contributed by atoms with Crippen molar-refractivity contribution in [1.82, 2.24) is 0 Å². The maximum absolute atomic E-state index is 13.3. The molecule has 5 heteroatoms. The number of rotatable bonds is 1. The molecule has 0 atom stereocenters. The van der Waals surface area contributed by atoms with Gasteiger partial charge in [0.05, 0.1) is 0 Å². The molecule has 1 aliphatic heterocycles. The lowest BCUT2D eigenvalue weighted by molar-refractivity contribution is -0.427. The van der Waals surface area contributed by atoms with E-state index in [0.29, 0.717) is 11.4 Å². The summed E-state index contributed by atoms with van der Waals surface area (Å²) < 4.78 is 1.27. The third kappa shape index (κ3) is 2.83. The molecule has 0 unspecified atom stereocenters. The van der Waals surface area contributed by atoms with E-state index in [-0.39, 0.29) is 0 Å². The minimum Gasteiger partial charge on any atom is -0.824 e. The van der Waals surface area contributed by atoms with Gasteiger partial charge in [0.15, 0.2) is 5.71 Å². The Morgan fingerprint density at radius 3 is 2.00 bits per heavy atom. The second-order valence-electron chi connectivity index (χ2n) is 7.31. The number of urea groups is 1. The van der Waals surface area contributed by atoms with E-state index in [0.717, 1.165) is 45.6 Å². The van der Waals surface area contributed by atoms with E-state index in [1.165, 1.54) is 4.68 Å². The first-order valence-corrected chi connectivity index (χ1v) is 9.63. The molecular formula is C24H19N3O2. The first-order chi connectivity index (χ1) is 14.1. The van der Waals surface area contributed by atoms with Crippen LogP contribution in [0.5, 0.6) is 0 Å². The summed E-state index contributed by atoms with van der Waals surface area (Å²) in [6.45, 7) is 1.96. The summed E-state index contributed by atoms with van der Waals surface area (Å²) in [6.07, 6.45) is 1.74. The summed E-state index contributed by atoms with van der Waals surface area (Å²) in [6, 6.07) is 22.3. The van der Waals surface area contributed by atoms with Crippen molar-refractivity contribution < 1.29 is 14.6 Å². The third-order valence-electron chi connectivity index (χ3n) is 5.46. The van der Waals surface area contributed by atoms with Crippen LogP contribution in [0.3, 0.4) is 0 Å². The fourth-order valence-corrected chi connectivity index (χ4v) is 3.99. The second-order valence-corrected chi connectivity index (χ2v) is 7.31. The van der Waals surface area contributed by atoms with Gasteiger partial charge in [-0.3, -0.25) is 0 Å². The summed E-state index contributed by atoms with van der Waals surface area (Å²) in [7, 11) is 0. The Morgan fingerprint density at radius 1 is 0.862 bits per heavy atom. The van der Waals surface area contributed by atoms with Crippen molar-refractivity contribution in [1.29, 1.82) is 0 Å². The molecule has 3 aromatic carbocycles. The summed E-state index contributed by atoms with van der Waals surface area (Å²) in [4.78, 5) is 14.5. The van der Waals surface area contributed by atoms with Crippen LogP contribution in [-0.4, -0.2) is 22.4 Å². The molecule has 1 aliphatic carbocycles. The van der Waals surface area contributed by atoms with E-state index in [1.54, 1.807) is 12.1 Å². The van der Waals surface area contributed by atoms with Crippen molar-refractivity contribution in [2.24, 2.45) is 5.10 Å². The number of hydrazone groups is 1. The van der Waals surface area contributed by atoms with E-state index in [1.807, 2.05) is 55.5 Å². The molecule has 0 saturated heterocycles. The molecular weight excluding hydrogens is 362 g/mol. The molecule has 0 bridgehead atoms. The predicted molar refractivity (Wildman–Crippen MR) is 110 cm³/mol. The standard InChI is InChI=1S/C24H19N3O2/c1-16-10-14-19(15-11-16)26-23(28)25-27(24(26)29)22-20-8-4-2-6-17(20)12-13-18-7-3-5-9-21(18)22/h2-11,14-15H,12-13H2,1H3. The largest absolute Gasteiger partial charge is 0.824 e. The number of benzene rings is 3. The van der Waals surface area contributed by atoms with Crippen molar-refractivity contribution in [2.75, 3.05) is 4.90 Å². The lowest BCUT2D eigenvalue weighted by Gasteiger charge is -2.12. The highest BCUT2D eigenvalue weighted by molar-refractivity contribution is 6.18. The summed E-state index contributed by atoms with van der Waals surface area (Å²) in [5.41, 5.74) is 6.41. The Bertz CT molecular complexity index is 1140. The van der Waals surface area contributed by atoms with Gasteiger partial charge in [-0.25, -0.2) is 0 Å². The van der Waals surface area contributed by atoms with Gasteiger partial charge in [-0.05, 0) is 48.1 Å². The number of hydrogen-bond donors (Lipinski definition) is 0. The van der Waals surface area contributed by atoms with Crippen LogP contribution in [0.4, 0.5) is 10.5 Å². The maximum atomic E-state index is 13.3. The first kappa shape index (κ1) is 17.4. The van der Waals surface area contributed by atoms with Gasteiger partial charge in [-0.2, -0.15) is 4.79 Å². The van der Waals surface area contributed by atoms with Crippen molar-refractivity contribution in [3.63, 3.8) is 0 Å². The molecule has 0 aromatic heterocycles. The van der Waals surface area contributed by atoms with Gasteiger partial charge in [0.25, 0.3) is 0 Å². The third-order valence-corrected chi connectivity index (χ3v) is 5.46. The highest BCUT2D eigenvalue weighted by atomic mass is 16.3. The number of amides is 2. The van der Waals surface area contributed by atoms with Gasteiger partial charge >= 0.3 is 6.03 Å². The Balaban J connectivity index is 1.74. The van der Waals surface area contributed by atoms with E-state index in [2.05, 4.69) is 17.2 Å². The van der Waals surface area contributed by atoms with E-state index >= 15 is 0 Å². The average Bonchev–Trinajstić information content (AvgIpc) is 2.93. The highest BCUT2D eigenvalue weighted by Crippen LogP contribution is 2.27. The molecule has 2 aliphatic rings. The molecule has 1 heterocycles. The molecule has 5 rings (SSSR count). The van der Waals surface area contributed by atoms with E-state index < -0.39 is 12.1 Å². The van der Waals surface area contributed by atoms with Gasteiger partial charge in [0.1, 0.15) is 5.69 Å². The molecule has 0 fully saturated rings. The normalized spacial score (nSPS) is 15.7. The van der Waals surface area contributed by atoms with Gasteiger partial charge < -0.3 is 5.11 Å². The Hall–Kier alpha value is -3.73. The lowest BCUT2D eigenvalue weighted by atomic mass is 9.98. The Morgan fingerprint density at radius 2 is 1.41 bits per heavy atom. The van der Waals surface area contributed by atoms with Gasteiger partial charge in [0, 0.05) is 11.1 Å². The number of anilines is 1. The van der Waals surface area contributed by atoms with Gasteiger partial charge in [-0.15, -0.1) is 4.90 Å². The Kier molecular flexibility index (Phi) is 4.02. The molecule has 0 spiro atoms. The van der Waals surface area contributed by atoms with Crippen molar-refractivity contribution in [3.05, 3.63) is 101 Å². The van der Waals surface area contributed by atoms with E-state index in [4.69, 9.17) is 0 Å². The monoisotopic (exact) mass is 381 g/mol. The molecule has 0 N–H and O–H groups in total. The van der Waals surface area contributed by atoms with Crippen LogP contribution in [-0.2, 0) is 12.8 Å². The maximum Gasteiger partial charge on any atom is 0.530 e. The van der Waals surface area contributed by atoms with Crippen LogP contribution in [0.1, 0.15) is 27.8 Å².